The molecule has 0 heterocycles. The minimum atomic E-state index is -0.467. The van der Waals surface area contributed by atoms with Crippen LogP contribution in [0.1, 0.15) is 24.1 Å². The van der Waals surface area contributed by atoms with Gasteiger partial charge in [0.2, 0.25) is 0 Å². The number of benzene rings is 2. The lowest BCUT2D eigenvalue weighted by Crippen LogP contribution is -2.30. The Morgan fingerprint density at radius 3 is 2.65 bits per heavy atom. The van der Waals surface area contributed by atoms with E-state index in [4.69, 9.17) is 10.6 Å². The molecule has 20 heavy (non-hydrogen) atoms. The first kappa shape index (κ1) is 15.0. The molecule has 0 aliphatic carbocycles. The lowest BCUT2D eigenvalue weighted by atomic mass is 9.98. The molecule has 3 N–H and O–H groups in total. The third kappa shape index (κ3) is 3.17. The first-order valence-electron chi connectivity index (χ1n) is 6.30. The van der Waals surface area contributed by atoms with Crippen molar-refractivity contribution < 1.29 is 9.13 Å². The molecule has 3 nitrogen and oxygen atoms in total. The minimum Gasteiger partial charge on any atom is -0.494 e. The number of para-hydroxylation sites is 1. The van der Waals surface area contributed by atoms with E-state index in [0.717, 1.165) is 5.56 Å². The first-order chi connectivity index (χ1) is 9.67. The molecule has 0 aliphatic rings. The number of nitrogens with one attached hydrogen (secondary N) is 1. The van der Waals surface area contributed by atoms with Crippen molar-refractivity contribution in [1.82, 2.24) is 5.43 Å². The molecule has 106 valence electrons. The summed E-state index contributed by atoms with van der Waals surface area (Å²) in [6.45, 7) is 2.44. The molecule has 1 unspecified atom stereocenters. The molecule has 1 atom stereocenters. The van der Waals surface area contributed by atoms with Crippen molar-refractivity contribution in [2.45, 2.75) is 13.0 Å². The van der Waals surface area contributed by atoms with Crippen LogP contribution in [0.3, 0.4) is 0 Å². The Hall–Kier alpha value is -1.43. The van der Waals surface area contributed by atoms with Gasteiger partial charge in [0, 0.05) is 15.6 Å². The average Bonchev–Trinajstić information content (AvgIpc) is 2.44. The minimum absolute atomic E-state index is 0.325. The molecule has 0 aliphatic heterocycles. The van der Waals surface area contributed by atoms with Crippen LogP contribution in [-0.4, -0.2) is 6.61 Å². The highest BCUT2D eigenvalue weighted by atomic mass is 79.9. The van der Waals surface area contributed by atoms with Gasteiger partial charge in [-0.2, -0.15) is 0 Å². The van der Waals surface area contributed by atoms with Gasteiger partial charge in [0.15, 0.2) is 0 Å². The van der Waals surface area contributed by atoms with E-state index in [2.05, 4.69) is 21.4 Å². The Bertz CT molecular complexity index is 592. The van der Waals surface area contributed by atoms with Gasteiger partial charge in [-0.25, -0.2) is 9.82 Å². The normalized spacial score (nSPS) is 12.2. The summed E-state index contributed by atoms with van der Waals surface area (Å²) in [5.41, 5.74) is 3.94. The highest BCUT2D eigenvalue weighted by Crippen LogP contribution is 2.31. The van der Waals surface area contributed by atoms with E-state index < -0.39 is 6.04 Å². The quantitative estimate of drug-likeness (QED) is 0.647. The highest BCUT2D eigenvalue weighted by molar-refractivity contribution is 9.10. The van der Waals surface area contributed by atoms with Gasteiger partial charge >= 0.3 is 0 Å². The zero-order chi connectivity index (χ0) is 14.5. The molecule has 0 saturated heterocycles. The van der Waals surface area contributed by atoms with Crippen molar-refractivity contribution >= 4 is 15.9 Å². The van der Waals surface area contributed by atoms with E-state index in [0.29, 0.717) is 22.4 Å². The number of ether oxygens (including phenoxy) is 1. The fraction of sp³-hybridized carbons (Fsp3) is 0.200. The summed E-state index contributed by atoms with van der Waals surface area (Å²) in [6.07, 6.45) is 0. The second-order valence-electron chi connectivity index (χ2n) is 4.24. The molecule has 2 rings (SSSR count). The Labute approximate surface area is 126 Å². The van der Waals surface area contributed by atoms with E-state index in [9.17, 15) is 4.39 Å². The molecule has 0 aromatic heterocycles. The summed E-state index contributed by atoms with van der Waals surface area (Å²) in [6, 6.07) is 11.9. The van der Waals surface area contributed by atoms with E-state index in [-0.39, 0.29) is 5.82 Å². The summed E-state index contributed by atoms with van der Waals surface area (Å²) >= 11 is 3.25. The van der Waals surface area contributed by atoms with Crippen LogP contribution >= 0.6 is 15.9 Å². The number of hydrogen-bond donors (Lipinski definition) is 2. The Morgan fingerprint density at radius 2 is 2.00 bits per heavy atom. The molecule has 0 radical (unpaired) electrons. The van der Waals surface area contributed by atoms with Crippen molar-refractivity contribution in [3.63, 3.8) is 0 Å². The molecule has 2 aromatic carbocycles. The number of rotatable bonds is 5. The third-order valence-corrected chi connectivity index (χ3v) is 3.46. The fourth-order valence-corrected chi connectivity index (χ4v) is 2.42. The second kappa shape index (κ2) is 6.83. The van der Waals surface area contributed by atoms with Gasteiger partial charge in [-0.05, 0) is 25.1 Å². The number of hydrogen-bond acceptors (Lipinski definition) is 3. The summed E-state index contributed by atoms with van der Waals surface area (Å²) in [4.78, 5) is 0. The summed E-state index contributed by atoms with van der Waals surface area (Å²) in [5, 5.41) is 0. The SMILES string of the molecule is CCOc1ccccc1C(NN)c1ccc(Br)cc1F. The van der Waals surface area contributed by atoms with Crippen LogP contribution in [0.15, 0.2) is 46.9 Å². The lowest BCUT2D eigenvalue weighted by Gasteiger charge is -2.20. The van der Waals surface area contributed by atoms with Crippen molar-refractivity contribution in [3.8, 4) is 5.75 Å². The van der Waals surface area contributed by atoms with Crippen LogP contribution < -0.4 is 16.0 Å². The predicted octanol–water partition coefficient (Wildman–Crippen LogP) is 3.54. The maximum Gasteiger partial charge on any atom is 0.129 e. The van der Waals surface area contributed by atoms with Crippen molar-refractivity contribution in [2.75, 3.05) is 6.61 Å². The maximum atomic E-state index is 14.1. The zero-order valence-corrected chi connectivity index (χ0v) is 12.7. The van der Waals surface area contributed by atoms with Crippen LogP contribution in [0.4, 0.5) is 4.39 Å². The van der Waals surface area contributed by atoms with Crippen molar-refractivity contribution in [2.24, 2.45) is 5.84 Å². The van der Waals surface area contributed by atoms with Gasteiger partial charge in [-0.1, -0.05) is 40.2 Å². The Balaban J connectivity index is 2.47. The van der Waals surface area contributed by atoms with Crippen LogP contribution in [0, 0.1) is 5.82 Å². The van der Waals surface area contributed by atoms with Crippen LogP contribution in [-0.2, 0) is 0 Å². The van der Waals surface area contributed by atoms with Gasteiger partial charge in [-0.3, -0.25) is 5.84 Å². The fourth-order valence-electron chi connectivity index (χ4n) is 2.09. The van der Waals surface area contributed by atoms with Gasteiger partial charge in [0.25, 0.3) is 0 Å². The summed E-state index contributed by atoms with van der Waals surface area (Å²) in [5.74, 6) is 5.99. The topological polar surface area (TPSA) is 47.3 Å². The summed E-state index contributed by atoms with van der Waals surface area (Å²) in [7, 11) is 0. The van der Waals surface area contributed by atoms with Crippen molar-refractivity contribution in [3.05, 3.63) is 63.9 Å². The molecular formula is C15H16BrFN2O. The van der Waals surface area contributed by atoms with Gasteiger partial charge < -0.3 is 4.74 Å². The zero-order valence-electron chi connectivity index (χ0n) is 11.1. The molecule has 0 spiro atoms. The van der Waals surface area contributed by atoms with E-state index in [1.165, 1.54) is 6.07 Å². The number of nitrogens with two attached hydrogens (primary N) is 1. The van der Waals surface area contributed by atoms with Gasteiger partial charge in [0.05, 0.1) is 12.6 Å². The van der Waals surface area contributed by atoms with E-state index in [1.807, 2.05) is 31.2 Å². The molecule has 5 heteroatoms. The molecule has 0 bridgehead atoms. The number of halogens is 2. The third-order valence-electron chi connectivity index (χ3n) is 2.97. The molecular weight excluding hydrogens is 323 g/mol. The Kier molecular flexibility index (Phi) is 5.11. The van der Waals surface area contributed by atoms with Gasteiger partial charge in [0.1, 0.15) is 11.6 Å². The monoisotopic (exact) mass is 338 g/mol. The molecule has 0 fully saturated rings. The van der Waals surface area contributed by atoms with Crippen molar-refractivity contribution in [1.29, 1.82) is 0 Å². The van der Waals surface area contributed by atoms with Crippen LogP contribution in [0.2, 0.25) is 0 Å². The smallest absolute Gasteiger partial charge is 0.129 e. The van der Waals surface area contributed by atoms with Crippen LogP contribution in [0.25, 0.3) is 0 Å². The average molecular weight is 339 g/mol. The first-order valence-corrected chi connectivity index (χ1v) is 7.09. The van der Waals surface area contributed by atoms with E-state index in [1.54, 1.807) is 12.1 Å². The second-order valence-corrected chi connectivity index (χ2v) is 5.15. The number of hydrazine groups is 1. The largest absolute Gasteiger partial charge is 0.494 e. The predicted molar refractivity (Wildman–Crippen MR) is 80.9 cm³/mol. The van der Waals surface area contributed by atoms with E-state index >= 15 is 0 Å². The summed E-state index contributed by atoms with van der Waals surface area (Å²) < 4.78 is 20.4. The lowest BCUT2D eigenvalue weighted by molar-refractivity contribution is 0.333. The van der Waals surface area contributed by atoms with Gasteiger partial charge in [-0.15, -0.1) is 0 Å². The maximum absolute atomic E-state index is 14.1. The standard InChI is InChI=1S/C15H16BrFN2O/c1-2-20-14-6-4-3-5-12(14)15(19-18)11-8-7-10(16)9-13(11)17/h3-9,15,19H,2,18H2,1H3. The highest BCUT2D eigenvalue weighted by Gasteiger charge is 2.20. The van der Waals surface area contributed by atoms with Crippen LogP contribution in [0.5, 0.6) is 5.75 Å². The molecule has 2 aromatic rings. The molecule has 0 amide bonds. The molecule has 0 saturated carbocycles. The Morgan fingerprint density at radius 1 is 1.25 bits per heavy atom.